The van der Waals surface area contributed by atoms with Gasteiger partial charge in [-0.3, -0.25) is 0 Å². The van der Waals surface area contributed by atoms with E-state index in [1.54, 1.807) is 18.6 Å². The first-order valence-electron chi connectivity index (χ1n) is 5.11. The van der Waals surface area contributed by atoms with Crippen LogP contribution in [0.1, 0.15) is 24.8 Å². The van der Waals surface area contributed by atoms with E-state index in [9.17, 15) is 9.90 Å². The van der Waals surface area contributed by atoms with Crippen molar-refractivity contribution in [2.45, 2.75) is 31.3 Å². The third kappa shape index (κ3) is 2.04. The lowest BCUT2D eigenvalue weighted by Crippen LogP contribution is -2.46. The first-order chi connectivity index (χ1) is 7.23. The van der Waals surface area contributed by atoms with Crippen molar-refractivity contribution in [3.63, 3.8) is 0 Å². The number of rotatable bonds is 3. The molecule has 1 aliphatic heterocycles. The predicted molar refractivity (Wildman–Crippen MR) is 52.6 cm³/mol. The molecule has 4 nitrogen and oxygen atoms in total. The second kappa shape index (κ2) is 4.06. The van der Waals surface area contributed by atoms with Crippen LogP contribution >= 0.6 is 0 Å². The van der Waals surface area contributed by atoms with E-state index in [4.69, 9.17) is 9.15 Å². The van der Waals surface area contributed by atoms with Crippen molar-refractivity contribution in [2.75, 3.05) is 6.61 Å². The number of carboxylic acids is 1. The van der Waals surface area contributed by atoms with E-state index >= 15 is 0 Å². The van der Waals surface area contributed by atoms with Crippen molar-refractivity contribution in [3.05, 3.63) is 24.2 Å². The number of hydrogen-bond donors (Lipinski definition) is 1. The van der Waals surface area contributed by atoms with Gasteiger partial charge in [0.05, 0.1) is 12.5 Å². The predicted octanol–water partition coefficient (Wildman–Crippen LogP) is 1.85. The summed E-state index contributed by atoms with van der Waals surface area (Å²) in [4.78, 5) is 11.2. The Hall–Kier alpha value is -1.29. The molecular weight excluding hydrogens is 196 g/mol. The molecule has 82 valence electrons. The van der Waals surface area contributed by atoms with Gasteiger partial charge in [0.15, 0.2) is 5.60 Å². The molecule has 0 radical (unpaired) electrons. The van der Waals surface area contributed by atoms with Gasteiger partial charge in [0.1, 0.15) is 0 Å². The minimum absolute atomic E-state index is 0.388. The molecule has 0 aliphatic carbocycles. The van der Waals surface area contributed by atoms with Crippen LogP contribution in [0, 0.1) is 0 Å². The number of ether oxygens (including phenoxy) is 1. The molecule has 1 aliphatic rings. The number of furan rings is 1. The van der Waals surface area contributed by atoms with Crippen LogP contribution in [-0.4, -0.2) is 23.3 Å². The van der Waals surface area contributed by atoms with Crippen LogP contribution in [0.15, 0.2) is 23.0 Å². The van der Waals surface area contributed by atoms with Gasteiger partial charge in [0, 0.05) is 13.0 Å². The molecule has 0 bridgehead atoms. The Labute approximate surface area is 87.8 Å². The smallest absolute Gasteiger partial charge is 0.336 e. The first kappa shape index (κ1) is 10.2. The average Bonchev–Trinajstić information content (AvgIpc) is 2.71. The van der Waals surface area contributed by atoms with E-state index in [-0.39, 0.29) is 0 Å². The van der Waals surface area contributed by atoms with Crippen molar-refractivity contribution in [3.8, 4) is 0 Å². The second-order valence-corrected chi connectivity index (χ2v) is 3.91. The fourth-order valence-corrected chi connectivity index (χ4v) is 1.96. The van der Waals surface area contributed by atoms with E-state index in [1.165, 1.54) is 0 Å². The summed E-state index contributed by atoms with van der Waals surface area (Å²) in [6.45, 7) is 0.532. The standard InChI is InChI=1S/C11H14O4/c12-10(13)11(4-1-2-5-15-11)7-9-3-6-14-8-9/h3,6,8H,1-2,4-5,7H2,(H,12,13). The van der Waals surface area contributed by atoms with Crippen LogP contribution in [-0.2, 0) is 16.0 Å². The molecular formula is C11H14O4. The maximum absolute atomic E-state index is 11.2. The highest BCUT2D eigenvalue weighted by molar-refractivity contribution is 5.78. The molecule has 2 rings (SSSR count). The van der Waals surface area contributed by atoms with Crippen molar-refractivity contribution >= 4 is 5.97 Å². The number of hydrogen-bond acceptors (Lipinski definition) is 3. The quantitative estimate of drug-likeness (QED) is 0.827. The highest BCUT2D eigenvalue weighted by atomic mass is 16.5. The summed E-state index contributed by atoms with van der Waals surface area (Å²) < 4.78 is 10.4. The maximum atomic E-state index is 11.2. The fraction of sp³-hybridized carbons (Fsp3) is 0.545. The molecule has 0 amide bonds. The largest absolute Gasteiger partial charge is 0.479 e. The number of aliphatic carboxylic acids is 1. The van der Waals surface area contributed by atoms with Crippen molar-refractivity contribution < 1.29 is 19.1 Å². The molecule has 1 aromatic rings. The lowest BCUT2D eigenvalue weighted by atomic mass is 9.88. The van der Waals surface area contributed by atoms with Crippen LogP contribution in [0.3, 0.4) is 0 Å². The Balaban J connectivity index is 2.15. The SMILES string of the molecule is O=C(O)C1(Cc2ccoc2)CCCCO1. The summed E-state index contributed by atoms with van der Waals surface area (Å²) in [6.07, 6.45) is 5.94. The van der Waals surface area contributed by atoms with Crippen LogP contribution in [0.2, 0.25) is 0 Å². The van der Waals surface area contributed by atoms with Gasteiger partial charge in [0.25, 0.3) is 0 Å². The molecule has 1 aromatic heterocycles. The third-order valence-corrected chi connectivity index (χ3v) is 2.81. The zero-order valence-corrected chi connectivity index (χ0v) is 8.44. The van der Waals surface area contributed by atoms with Crippen LogP contribution in [0.25, 0.3) is 0 Å². The minimum atomic E-state index is -1.04. The van der Waals surface area contributed by atoms with Gasteiger partial charge in [-0.25, -0.2) is 4.79 Å². The van der Waals surface area contributed by atoms with Gasteiger partial charge in [-0.15, -0.1) is 0 Å². The average molecular weight is 210 g/mol. The molecule has 0 saturated carbocycles. The maximum Gasteiger partial charge on any atom is 0.336 e. The first-order valence-corrected chi connectivity index (χ1v) is 5.11. The molecule has 1 unspecified atom stereocenters. The van der Waals surface area contributed by atoms with E-state index in [2.05, 4.69) is 0 Å². The highest BCUT2D eigenvalue weighted by Crippen LogP contribution is 2.29. The molecule has 1 saturated heterocycles. The van der Waals surface area contributed by atoms with E-state index in [0.29, 0.717) is 19.4 Å². The second-order valence-electron chi connectivity index (χ2n) is 3.91. The normalized spacial score (nSPS) is 26.4. The topological polar surface area (TPSA) is 59.7 Å². The summed E-state index contributed by atoms with van der Waals surface area (Å²) in [5, 5.41) is 9.23. The summed E-state index contributed by atoms with van der Waals surface area (Å²) in [7, 11) is 0. The Bertz CT molecular complexity index is 322. The highest BCUT2D eigenvalue weighted by Gasteiger charge is 2.41. The Morgan fingerprint density at radius 2 is 2.40 bits per heavy atom. The van der Waals surface area contributed by atoms with Gasteiger partial charge >= 0.3 is 5.97 Å². The van der Waals surface area contributed by atoms with Crippen molar-refractivity contribution in [1.29, 1.82) is 0 Å². The third-order valence-electron chi connectivity index (χ3n) is 2.81. The lowest BCUT2D eigenvalue weighted by Gasteiger charge is -2.33. The lowest BCUT2D eigenvalue weighted by molar-refractivity contribution is -0.172. The number of carboxylic acid groups (broad SMARTS) is 1. The van der Waals surface area contributed by atoms with Gasteiger partial charge < -0.3 is 14.3 Å². The van der Waals surface area contributed by atoms with Crippen LogP contribution < -0.4 is 0 Å². The van der Waals surface area contributed by atoms with E-state index in [1.807, 2.05) is 0 Å². The summed E-state index contributed by atoms with van der Waals surface area (Å²) >= 11 is 0. The summed E-state index contributed by atoms with van der Waals surface area (Å²) in [6, 6.07) is 1.78. The molecule has 0 aromatic carbocycles. The van der Waals surface area contributed by atoms with Gasteiger partial charge in [-0.2, -0.15) is 0 Å². The molecule has 4 heteroatoms. The van der Waals surface area contributed by atoms with Crippen molar-refractivity contribution in [2.24, 2.45) is 0 Å². The van der Waals surface area contributed by atoms with Crippen LogP contribution in [0.4, 0.5) is 0 Å². The summed E-state index contributed by atoms with van der Waals surface area (Å²) in [5.74, 6) is -0.872. The molecule has 1 N–H and O–H groups in total. The van der Waals surface area contributed by atoms with Crippen LogP contribution in [0.5, 0.6) is 0 Å². The summed E-state index contributed by atoms with van der Waals surface area (Å²) in [5.41, 5.74) is -0.165. The Morgan fingerprint density at radius 1 is 1.53 bits per heavy atom. The van der Waals surface area contributed by atoms with E-state index < -0.39 is 11.6 Å². The van der Waals surface area contributed by atoms with Gasteiger partial charge in [0.2, 0.25) is 0 Å². The molecule has 0 spiro atoms. The van der Waals surface area contributed by atoms with E-state index in [0.717, 1.165) is 18.4 Å². The number of carbonyl (C=O) groups is 1. The van der Waals surface area contributed by atoms with Gasteiger partial charge in [-0.05, 0) is 30.9 Å². The minimum Gasteiger partial charge on any atom is -0.479 e. The fourth-order valence-electron chi connectivity index (χ4n) is 1.96. The molecule has 1 atom stereocenters. The molecule has 1 fully saturated rings. The molecule has 15 heavy (non-hydrogen) atoms. The zero-order valence-electron chi connectivity index (χ0n) is 8.44. The Kier molecular flexibility index (Phi) is 2.77. The van der Waals surface area contributed by atoms with Crippen molar-refractivity contribution in [1.82, 2.24) is 0 Å². The molecule has 2 heterocycles. The monoisotopic (exact) mass is 210 g/mol. The Morgan fingerprint density at radius 3 is 2.93 bits per heavy atom. The van der Waals surface area contributed by atoms with Gasteiger partial charge in [-0.1, -0.05) is 0 Å². The zero-order chi connectivity index (χ0) is 10.7.